The van der Waals surface area contributed by atoms with E-state index in [-0.39, 0.29) is 23.5 Å². The van der Waals surface area contributed by atoms with Gasteiger partial charge in [0.1, 0.15) is 0 Å². The lowest BCUT2D eigenvalue weighted by molar-refractivity contribution is 0.0995. The molecule has 0 aliphatic rings. The fourth-order valence-corrected chi connectivity index (χ4v) is 3.35. The zero-order valence-electron chi connectivity index (χ0n) is 17.6. The van der Waals surface area contributed by atoms with Crippen LogP contribution in [0.1, 0.15) is 20.9 Å². The number of amides is 2. The molecular weight excluding hydrogens is 434 g/mol. The number of anilines is 2. The predicted molar refractivity (Wildman–Crippen MR) is 127 cm³/mol. The van der Waals surface area contributed by atoms with E-state index in [2.05, 4.69) is 15.6 Å². The minimum absolute atomic E-state index is 0.198. The normalized spacial score (nSPS) is 10.7. The van der Waals surface area contributed by atoms with Crippen LogP contribution in [0.2, 0.25) is 0 Å². The molecule has 0 unspecified atom stereocenters. The molecule has 0 aliphatic carbocycles. The lowest BCUT2D eigenvalue weighted by atomic mass is 10.1. The van der Waals surface area contributed by atoms with E-state index in [0.29, 0.717) is 33.4 Å². The number of hydrogen-bond donors (Lipinski definition) is 2. The number of nitrogens with zero attached hydrogens (tertiary/aromatic N) is 1. The molecule has 2 N–H and O–H groups in total. The first-order chi connectivity index (χ1) is 16.6. The zero-order chi connectivity index (χ0) is 23.5. The number of para-hydroxylation sites is 1. The number of rotatable bonds is 5. The summed E-state index contributed by atoms with van der Waals surface area (Å²) in [5.74, 6) is -0.289. The van der Waals surface area contributed by atoms with Gasteiger partial charge in [0.2, 0.25) is 5.89 Å². The molecule has 2 heterocycles. The average Bonchev–Trinajstić information content (AvgIpc) is 3.40. The Morgan fingerprint density at radius 3 is 2.12 bits per heavy atom. The summed E-state index contributed by atoms with van der Waals surface area (Å²) in [7, 11) is 0. The second-order valence-electron chi connectivity index (χ2n) is 7.36. The number of nitrogens with one attached hydrogen (secondary N) is 2. The first-order valence-electron chi connectivity index (χ1n) is 10.3. The summed E-state index contributed by atoms with van der Waals surface area (Å²) < 4.78 is 10.4. The van der Waals surface area contributed by atoms with Crippen molar-refractivity contribution in [1.29, 1.82) is 0 Å². The van der Waals surface area contributed by atoms with E-state index in [9.17, 15) is 14.4 Å². The van der Waals surface area contributed by atoms with Crippen LogP contribution in [0.15, 0.2) is 105 Å². The highest BCUT2D eigenvalue weighted by Crippen LogP contribution is 2.21. The van der Waals surface area contributed by atoms with Crippen molar-refractivity contribution in [2.24, 2.45) is 0 Å². The highest BCUT2D eigenvalue weighted by molar-refractivity contribution is 6.05. The molecule has 5 rings (SSSR count). The van der Waals surface area contributed by atoms with Crippen LogP contribution < -0.4 is 16.3 Å². The lowest BCUT2D eigenvalue weighted by Crippen LogP contribution is -2.13. The maximum absolute atomic E-state index is 12.6. The largest absolute Gasteiger partial charge is 0.459 e. The predicted octanol–water partition coefficient (Wildman–Crippen LogP) is 4.95. The van der Waals surface area contributed by atoms with Gasteiger partial charge >= 0.3 is 5.63 Å². The Morgan fingerprint density at radius 1 is 0.735 bits per heavy atom. The molecule has 0 atom stereocenters. The van der Waals surface area contributed by atoms with E-state index in [1.807, 2.05) is 0 Å². The van der Waals surface area contributed by atoms with Gasteiger partial charge in [-0.1, -0.05) is 12.1 Å². The van der Waals surface area contributed by atoms with E-state index in [1.165, 1.54) is 6.26 Å². The first kappa shape index (κ1) is 20.9. The summed E-state index contributed by atoms with van der Waals surface area (Å²) in [6.07, 6.45) is 1.42. The standard InChI is InChI=1S/C26H17N3O5/c30-23(16-7-11-19(12-8-16)28-24(31)22-6-3-15-33-22)27-18-13-9-17(10-14-18)25-29-21-5-2-1-4-20(21)26(32)34-25/h1-15H,(H,27,30)(H,28,31). The van der Waals surface area contributed by atoms with E-state index >= 15 is 0 Å². The molecule has 5 aromatic rings. The number of fused-ring (bicyclic) bond motifs is 1. The van der Waals surface area contributed by atoms with Gasteiger partial charge in [0.15, 0.2) is 5.76 Å². The highest BCUT2D eigenvalue weighted by atomic mass is 16.4. The number of carbonyl (C=O) groups is 2. The average molecular weight is 451 g/mol. The van der Waals surface area contributed by atoms with Gasteiger partial charge in [0.25, 0.3) is 11.8 Å². The molecule has 0 bridgehead atoms. The second-order valence-corrected chi connectivity index (χ2v) is 7.36. The molecular formula is C26H17N3O5. The summed E-state index contributed by atoms with van der Waals surface area (Å²) in [6, 6.07) is 23.4. The second kappa shape index (κ2) is 8.87. The van der Waals surface area contributed by atoms with Gasteiger partial charge < -0.3 is 19.5 Å². The maximum Gasteiger partial charge on any atom is 0.347 e. The lowest BCUT2D eigenvalue weighted by Gasteiger charge is -2.08. The van der Waals surface area contributed by atoms with Crippen molar-refractivity contribution in [3.63, 3.8) is 0 Å². The van der Waals surface area contributed by atoms with Crippen molar-refractivity contribution in [2.75, 3.05) is 10.6 Å². The van der Waals surface area contributed by atoms with Crippen LogP contribution >= 0.6 is 0 Å². The number of furan rings is 1. The van der Waals surface area contributed by atoms with Crippen molar-refractivity contribution in [2.45, 2.75) is 0 Å². The molecule has 2 aromatic heterocycles. The van der Waals surface area contributed by atoms with Crippen LogP contribution in [-0.4, -0.2) is 16.8 Å². The third-order valence-corrected chi connectivity index (χ3v) is 5.07. The van der Waals surface area contributed by atoms with Crippen LogP contribution in [-0.2, 0) is 0 Å². The topological polar surface area (TPSA) is 114 Å². The smallest absolute Gasteiger partial charge is 0.347 e. The zero-order valence-corrected chi connectivity index (χ0v) is 17.6. The van der Waals surface area contributed by atoms with Crippen LogP contribution in [0.3, 0.4) is 0 Å². The summed E-state index contributed by atoms with van der Waals surface area (Å²) in [6.45, 7) is 0. The minimum Gasteiger partial charge on any atom is -0.459 e. The minimum atomic E-state index is -0.457. The monoisotopic (exact) mass is 451 g/mol. The highest BCUT2D eigenvalue weighted by Gasteiger charge is 2.11. The summed E-state index contributed by atoms with van der Waals surface area (Å²) in [5, 5.41) is 5.92. The van der Waals surface area contributed by atoms with Crippen molar-refractivity contribution in [1.82, 2.24) is 4.98 Å². The van der Waals surface area contributed by atoms with Crippen LogP contribution in [0.4, 0.5) is 11.4 Å². The number of benzene rings is 3. The van der Waals surface area contributed by atoms with Crippen LogP contribution in [0.25, 0.3) is 22.4 Å². The van der Waals surface area contributed by atoms with Crippen molar-refractivity contribution in [3.8, 4) is 11.5 Å². The van der Waals surface area contributed by atoms with E-state index in [1.54, 1.807) is 84.9 Å². The summed E-state index contributed by atoms with van der Waals surface area (Å²) in [5.41, 5.74) is 2.22. The van der Waals surface area contributed by atoms with Crippen molar-refractivity contribution < 1.29 is 18.4 Å². The van der Waals surface area contributed by atoms with Gasteiger partial charge in [-0.3, -0.25) is 9.59 Å². The molecule has 2 amide bonds. The fourth-order valence-electron chi connectivity index (χ4n) is 3.35. The third kappa shape index (κ3) is 4.33. The van der Waals surface area contributed by atoms with E-state index < -0.39 is 5.63 Å². The molecule has 0 fully saturated rings. The molecule has 34 heavy (non-hydrogen) atoms. The van der Waals surface area contributed by atoms with Crippen molar-refractivity contribution >= 4 is 34.1 Å². The van der Waals surface area contributed by atoms with E-state index in [4.69, 9.17) is 8.83 Å². The third-order valence-electron chi connectivity index (χ3n) is 5.07. The Kier molecular flexibility index (Phi) is 5.45. The Hall–Kier alpha value is -4.98. The summed E-state index contributed by atoms with van der Waals surface area (Å²) in [4.78, 5) is 41.2. The molecule has 3 aromatic carbocycles. The van der Waals surface area contributed by atoms with Crippen molar-refractivity contribution in [3.05, 3.63) is 113 Å². The van der Waals surface area contributed by atoms with E-state index in [0.717, 1.165) is 0 Å². The molecule has 0 spiro atoms. The molecule has 8 nitrogen and oxygen atoms in total. The van der Waals surface area contributed by atoms with Gasteiger partial charge in [0, 0.05) is 22.5 Å². The molecule has 8 heteroatoms. The Balaban J connectivity index is 1.26. The fraction of sp³-hybridized carbons (Fsp3) is 0. The van der Waals surface area contributed by atoms with Crippen LogP contribution in [0, 0.1) is 0 Å². The molecule has 0 radical (unpaired) electrons. The quantitative estimate of drug-likeness (QED) is 0.391. The summed E-state index contributed by atoms with van der Waals surface area (Å²) >= 11 is 0. The Bertz CT molecular complexity index is 1540. The van der Waals surface area contributed by atoms with Crippen LogP contribution in [0.5, 0.6) is 0 Å². The van der Waals surface area contributed by atoms with Gasteiger partial charge in [-0.05, 0) is 72.8 Å². The molecule has 166 valence electrons. The van der Waals surface area contributed by atoms with Gasteiger partial charge in [-0.15, -0.1) is 0 Å². The number of hydrogen-bond acceptors (Lipinski definition) is 6. The Labute approximate surface area is 192 Å². The van der Waals surface area contributed by atoms with Gasteiger partial charge in [-0.25, -0.2) is 9.78 Å². The molecule has 0 aliphatic heterocycles. The molecule has 0 saturated carbocycles. The number of carbonyl (C=O) groups excluding carboxylic acids is 2. The first-order valence-corrected chi connectivity index (χ1v) is 10.3. The molecule has 0 saturated heterocycles. The maximum atomic E-state index is 12.6. The van der Waals surface area contributed by atoms with Gasteiger partial charge in [0.05, 0.1) is 17.2 Å². The SMILES string of the molecule is O=C(Nc1ccc(-c2nc3ccccc3c(=O)o2)cc1)c1ccc(NC(=O)c2ccco2)cc1. The van der Waals surface area contributed by atoms with Gasteiger partial charge in [-0.2, -0.15) is 0 Å². The Morgan fingerprint density at radius 2 is 1.41 bits per heavy atom. The number of aromatic nitrogens is 1.